The van der Waals surface area contributed by atoms with Crippen molar-refractivity contribution >= 4 is 22.2 Å². The summed E-state index contributed by atoms with van der Waals surface area (Å²) in [5.41, 5.74) is 6.10. The van der Waals surface area contributed by atoms with E-state index < -0.39 is 0 Å². The number of nitrogens with zero attached hydrogens (tertiary/aromatic N) is 1. The van der Waals surface area contributed by atoms with E-state index in [1.165, 1.54) is 27.0 Å². The molecule has 2 heterocycles. The molecule has 0 atom stereocenters. The van der Waals surface area contributed by atoms with Gasteiger partial charge in [0.05, 0.1) is 16.1 Å². The third kappa shape index (κ3) is 3.10. The van der Waals surface area contributed by atoms with Crippen molar-refractivity contribution in [3.8, 4) is 21.7 Å². The largest absolute Gasteiger partial charge is 0.247 e. The molecule has 4 rings (SSSR count). The van der Waals surface area contributed by atoms with E-state index in [0.717, 1.165) is 11.2 Å². The van der Waals surface area contributed by atoms with Gasteiger partial charge in [-0.05, 0) is 45.7 Å². The maximum atomic E-state index is 4.87. The number of aromatic nitrogens is 1. The summed E-state index contributed by atoms with van der Waals surface area (Å²) in [5.74, 6) is 0. The second-order valence-electron chi connectivity index (χ2n) is 7.38. The van der Waals surface area contributed by atoms with Gasteiger partial charge >= 0.3 is 0 Å². The Morgan fingerprint density at radius 2 is 1.60 bits per heavy atom. The molecule has 0 aliphatic rings. The second kappa shape index (κ2) is 6.12. The van der Waals surface area contributed by atoms with Gasteiger partial charge in [-0.3, -0.25) is 0 Å². The van der Waals surface area contributed by atoms with Crippen LogP contribution in [0.3, 0.4) is 0 Å². The number of hydrogen-bond donors (Lipinski definition) is 0. The Kier molecular flexibility index (Phi) is 3.93. The van der Waals surface area contributed by atoms with Crippen LogP contribution in [0.4, 0.5) is 0 Å². The van der Waals surface area contributed by atoms with E-state index in [4.69, 9.17) is 4.98 Å². The van der Waals surface area contributed by atoms with Gasteiger partial charge in [0, 0.05) is 5.39 Å². The highest BCUT2D eigenvalue weighted by Crippen LogP contribution is 2.34. The van der Waals surface area contributed by atoms with Gasteiger partial charge in [-0.1, -0.05) is 69.3 Å². The van der Waals surface area contributed by atoms with Crippen molar-refractivity contribution in [1.29, 1.82) is 0 Å². The molecule has 0 saturated carbocycles. The van der Waals surface area contributed by atoms with Crippen LogP contribution in [-0.2, 0) is 5.41 Å². The molecule has 0 aliphatic carbocycles. The highest BCUT2D eigenvalue weighted by molar-refractivity contribution is 7.13. The summed E-state index contributed by atoms with van der Waals surface area (Å²) < 4.78 is 0. The molecular weight excluding hydrogens is 322 g/mol. The molecule has 0 N–H and O–H groups in total. The summed E-state index contributed by atoms with van der Waals surface area (Å²) >= 11 is 1.73. The Hall–Kier alpha value is -2.45. The van der Waals surface area contributed by atoms with Crippen LogP contribution >= 0.6 is 11.3 Å². The molecule has 0 unspecified atom stereocenters. The number of para-hydroxylation sites is 1. The van der Waals surface area contributed by atoms with E-state index in [1.807, 2.05) is 0 Å². The molecular formula is C23H21NS. The average Bonchev–Trinajstić information content (AvgIpc) is 3.15. The van der Waals surface area contributed by atoms with Crippen LogP contribution in [0.25, 0.3) is 32.6 Å². The van der Waals surface area contributed by atoms with Crippen molar-refractivity contribution in [2.75, 3.05) is 0 Å². The molecule has 0 fully saturated rings. The molecule has 4 aromatic rings. The minimum Gasteiger partial charge on any atom is -0.247 e. The molecule has 124 valence electrons. The quantitative estimate of drug-likeness (QED) is 0.384. The van der Waals surface area contributed by atoms with Crippen molar-refractivity contribution in [2.45, 2.75) is 26.2 Å². The molecule has 2 aromatic heterocycles. The van der Waals surface area contributed by atoms with Crippen molar-refractivity contribution in [2.24, 2.45) is 0 Å². The minimum absolute atomic E-state index is 0.168. The predicted octanol–water partition coefficient (Wildman–Crippen LogP) is 6.93. The molecule has 0 bridgehead atoms. The van der Waals surface area contributed by atoms with Crippen molar-refractivity contribution in [3.05, 3.63) is 77.7 Å². The molecule has 1 nitrogen and oxygen atoms in total. The van der Waals surface area contributed by atoms with E-state index in [-0.39, 0.29) is 5.41 Å². The summed E-state index contributed by atoms with van der Waals surface area (Å²) in [6.07, 6.45) is 0. The lowest BCUT2D eigenvalue weighted by Gasteiger charge is -2.19. The molecule has 25 heavy (non-hydrogen) atoms. The van der Waals surface area contributed by atoms with E-state index in [0.29, 0.717) is 0 Å². The molecule has 0 spiro atoms. The molecule has 0 saturated heterocycles. The van der Waals surface area contributed by atoms with Gasteiger partial charge in [-0.15, -0.1) is 11.3 Å². The monoisotopic (exact) mass is 343 g/mol. The molecule has 0 amide bonds. The topological polar surface area (TPSA) is 12.9 Å². The summed E-state index contributed by atoms with van der Waals surface area (Å²) in [6, 6.07) is 23.8. The van der Waals surface area contributed by atoms with Gasteiger partial charge < -0.3 is 0 Å². The number of rotatable bonds is 2. The van der Waals surface area contributed by atoms with Crippen LogP contribution in [0.15, 0.2) is 72.1 Å². The first-order valence-corrected chi connectivity index (χ1v) is 9.45. The number of fused-ring (bicyclic) bond motifs is 1. The summed E-state index contributed by atoms with van der Waals surface area (Å²) in [4.78, 5) is 6.08. The van der Waals surface area contributed by atoms with Gasteiger partial charge in [0.2, 0.25) is 0 Å². The lowest BCUT2D eigenvalue weighted by Crippen LogP contribution is -2.10. The van der Waals surface area contributed by atoms with Crippen molar-refractivity contribution < 1.29 is 0 Å². The van der Waals surface area contributed by atoms with Crippen LogP contribution in [-0.4, -0.2) is 4.98 Å². The van der Waals surface area contributed by atoms with Crippen LogP contribution in [0, 0.1) is 0 Å². The highest BCUT2D eigenvalue weighted by atomic mass is 32.1. The molecule has 2 aromatic carbocycles. The summed E-state index contributed by atoms with van der Waals surface area (Å²) in [7, 11) is 0. The fourth-order valence-electron chi connectivity index (χ4n) is 3.11. The van der Waals surface area contributed by atoms with E-state index in [2.05, 4.69) is 92.9 Å². The van der Waals surface area contributed by atoms with Gasteiger partial charge in [0.25, 0.3) is 0 Å². The standard InChI is InChI=1S/C23H21NS/c1-23(2,3)17-12-10-16(11-13-17)19-15-21(22-9-6-14-25-22)24-20-8-5-4-7-18(19)20/h4-15H,1-3H3. The van der Waals surface area contributed by atoms with E-state index in [9.17, 15) is 0 Å². The Morgan fingerprint density at radius 1 is 0.840 bits per heavy atom. The SMILES string of the molecule is CC(C)(C)c1ccc(-c2cc(-c3cccs3)nc3ccccc23)cc1. The zero-order valence-electron chi connectivity index (χ0n) is 14.8. The Labute approximate surface area is 153 Å². The second-order valence-corrected chi connectivity index (χ2v) is 8.32. The zero-order valence-corrected chi connectivity index (χ0v) is 15.6. The van der Waals surface area contributed by atoms with Gasteiger partial charge in [0.1, 0.15) is 0 Å². The lowest BCUT2D eigenvalue weighted by atomic mass is 9.86. The average molecular weight is 343 g/mol. The summed E-state index contributed by atoms with van der Waals surface area (Å²) in [6.45, 7) is 6.75. The Morgan fingerprint density at radius 3 is 2.28 bits per heavy atom. The normalized spacial score (nSPS) is 11.8. The highest BCUT2D eigenvalue weighted by Gasteiger charge is 2.14. The number of hydrogen-bond acceptors (Lipinski definition) is 2. The number of pyridine rings is 1. The van der Waals surface area contributed by atoms with Gasteiger partial charge in [-0.25, -0.2) is 4.98 Å². The third-order valence-corrected chi connectivity index (χ3v) is 5.44. The Balaban J connectivity index is 1.91. The first kappa shape index (κ1) is 16.0. The first-order valence-electron chi connectivity index (χ1n) is 8.57. The molecule has 2 heteroatoms. The van der Waals surface area contributed by atoms with Crippen LogP contribution in [0.1, 0.15) is 26.3 Å². The van der Waals surface area contributed by atoms with Crippen LogP contribution in [0.5, 0.6) is 0 Å². The van der Waals surface area contributed by atoms with Gasteiger partial charge in [0.15, 0.2) is 0 Å². The molecule has 0 aliphatic heterocycles. The minimum atomic E-state index is 0.168. The zero-order chi connectivity index (χ0) is 17.4. The molecule has 0 radical (unpaired) electrons. The summed E-state index contributed by atoms with van der Waals surface area (Å²) in [5, 5.41) is 3.30. The van der Waals surface area contributed by atoms with E-state index >= 15 is 0 Å². The van der Waals surface area contributed by atoms with Crippen molar-refractivity contribution in [3.63, 3.8) is 0 Å². The van der Waals surface area contributed by atoms with Gasteiger partial charge in [-0.2, -0.15) is 0 Å². The number of thiophene rings is 1. The third-order valence-electron chi connectivity index (χ3n) is 4.55. The maximum absolute atomic E-state index is 4.87. The van der Waals surface area contributed by atoms with E-state index in [1.54, 1.807) is 11.3 Å². The van der Waals surface area contributed by atoms with Crippen LogP contribution in [0.2, 0.25) is 0 Å². The smallest absolute Gasteiger partial charge is 0.0815 e. The number of benzene rings is 2. The van der Waals surface area contributed by atoms with Crippen molar-refractivity contribution in [1.82, 2.24) is 4.98 Å². The Bertz CT molecular complexity index is 1010. The lowest BCUT2D eigenvalue weighted by molar-refractivity contribution is 0.590. The predicted molar refractivity (Wildman–Crippen MR) is 109 cm³/mol. The van der Waals surface area contributed by atoms with Crippen LogP contribution < -0.4 is 0 Å². The first-order chi connectivity index (χ1) is 12.0. The fraction of sp³-hybridized carbons (Fsp3) is 0.174. The fourth-order valence-corrected chi connectivity index (χ4v) is 3.80. The maximum Gasteiger partial charge on any atom is 0.0815 e.